The molecule has 2 amide bonds. The predicted molar refractivity (Wildman–Crippen MR) is 101 cm³/mol. The van der Waals surface area contributed by atoms with E-state index in [9.17, 15) is 9.59 Å². The highest BCUT2D eigenvalue weighted by molar-refractivity contribution is 5.94. The number of ether oxygens (including phenoxy) is 3. The van der Waals surface area contributed by atoms with Crippen molar-refractivity contribution in [2.24, 2.45) is 5.92 Å². The average molecular weight is 384 g/mol. The van der Waals surface area contributed by atoms with E-state index in [0.29, 0.717) is 42.7 Å². The van der Waals surface area contributed by atoms with Gasteiger partial charge in [-0.1, -0.05) is 5.92 Å². The lowest BCUT2D eigenvalue weighted by molar-refractivity contribution is -0.136. The van der Waals surface area contributed by atoms with Gasteiger partial charge in [0, 0.05) is 30.6 Å². The van der Waals surface area contributed by atoms with Crippen molar-refractivity contribution in [3.05, 3.63) is 23.8 Å². The highest BCUT2D eigenvalue weighted by Gasteiger charge is 2.36. The van der Waals surface area contributed by atoms with Crippen LogP contribution in [0.5, 0.6) is 11.5 Å². The zero-order valence-corrected chi connectivity index (χ0v) is 15.9. The summed E-state index contributed by atoms with van der Waals surface area (Å²) in [6.45, 7) is 3.91. The minimum Gasteiger partial charge on any atom is -0.454 e. The minimum atomic E-state index is -0.371. The molecule has 1 unspecified atom stereocenters. The fourth-order valence-electron chi connectivity index (χ4n) is 3.87. The Morgan fingerprint density at radius 1 is 1.29 bits per heavy atom. The molecule has 3 aliphatic rings. The normalized spacial score (nSPS) is 25.3. The van der Waals surface area contributed by atoms with E-state index in [-0.39, 0.29) is 30.6 Å². The highest BCUT2D eigenvalue weighted by atomic mass is 16.7. The first-order chi connectivity index (χ1) is 13.6. The number of nitrogens with zero attached hydrogens (tertiary/aromatic N) is 1. The maximum Gasteiger partial charge on any atom is 0.296 e. The van der Waals surface area contributed by atoms with E-state index < -0.39 is 0 Å². The van der Waals surface area contributed by atoms with Gasteiger partial charge in [0.2, 0.25) is 12.7 Å². The van der Waals surface area contributed by atoms with Crippen molar-refractivity contribution in [1.82, 2.24) is 10.2 Å². The Bertz CT molecular complexity index is 828. The standard InChI is InChI=1S/C21H24N2O5/c1-14-3-2-8-23(14)21(25)16-10-17(26-12-16)11-22-20(24)7-5-15-4-6-18-19(9-15)28-13-27-18/h4,6,9,14,16-17H,2-3,8,10-13H2,1H3,(H,22,24)/t14?,16-,17-/m0/s1. The third-order valence-corrected chi connectivity index (χ3v) is 5.45. The molecule has 1 N–H and O–H groups in total. The summed E-state index contributed by atoms with van der Waals surface area (Å²) in [6.07, 6.45) is 2.63. The Morgan fingerprint density at radius 2 is 2.14 bits per heavy atom. The van der Waals surface area contributed by atoms with Crippen LogP contribution in [0.4, 0.5) is 0 Å². The van der Waals surface area contributed by atoms with Gasteiger partial charge in [-0.25, -0.2) is 0 Å². The molecule has 3 aliphatic heterocycles. The molecule has 0 aromatic heterocycles. The van der Waals surface area contributed by atoms with Crippen LogP contribution in [-0.2, 0) is 14.3 Å². The molecule has 3 atom stereocenters. The van der Waals surface area contributed by atoms with E-state index in [0.717, 1.165) is 19.4 Å². The molecule has 28 heavy (non-hydrogen) atoms. The van der Waals surface area contributed by atoms with Crippen LogP contribution in [0.2, 0.25) is 0 Å². The second kappa shape index (κ2) is 8.11. The number of hydrogen-bond donors (Lipinski definition) is 1. The second-order valence-corrected chi connectivity index (χ2v) is 7.44. The molecule has 1 aromatic carbocycles. The van der Waals surface area contributed by atoms with Gasteiger partial charge >= 0.3 is 0 Å². The van der Waals surface area contributed by atoms with Crippen molar-refractivity contribution < 1.29 is 23.8 Å². The van der Waals surface area contributed by atoms with Crippen molar-refractivity contribution in [1.29, 1.82) is 0 Å². The number of rotatable bonds is 3. The van der Waals surface area contributed by atoms with Gasteiger partial charge in [-0.2, -0.15) is 0 Å². The molecule has 3 heterocycles. The van der Waals surface area contributed by atoms with Gasteiger partial charge < -0.3 is 24.4 Å². The molecule has 4 rings (SSSR count). The molecule has 0 aliphatic carbocycles. The van der Waals surface area contributed by atoms with E-state index in [1.54, 1.807) is 18.2 Å². The van der Waals surface area contributed by atoms with Crippen molar-refractivity contribution in [3.8, 4) is 23.3 Å². The van der Waals surface area contributed by atoms with E-state index in [4.69, 9.17) is 14.2 Å². The Balaban J connectivity index is 1.24. The van der Waals surface area contributed by atoms with E-state index >= 15 is 0 Å². The number of carbonyl (C=O) groups is 2. The SMILES string of the molecule is CC1CCCN1C(=O)[C@@H]1CO[C@H](CNC(=O)C#Cc2ccc3c(c2)OCO3)C1. The molecule has 2 fully saturated rings. The zero-order valence-electron chi connectivity index (χ0n) is 15.9. The monoisotopic (exact) mass is 384 g/mol. The number of fused-ring (bicyclic) bond motifs is 1. The lowest BCUT2D eigenvalue weighted by Crippen LogP contribution is -2.38. The summed E-state index contributed by atoms with van der Waals surface area (Å²) in [5.41, 5.74) is 0.682. The summed E-state index contributed by atoms with van der Waals surface area (Å²) in [6, 6.07) is 5.62. The quantitative estimate of drug-likeness (QED) is 0.795. The maximum absolute atomic E-state index is 12.6. The number of carbonyl (C=O) groups excluding carboxylic acids is 2. The lowest BCUT2D eigenvalue weighted by atomic mass is 10.0. The molecule has 0 saturated carbocycles. The van der Waals surface area contributed by atoms with E-state index in [2.05, 4.69) is 24.1 Å². The van der Waals surface area contributed by atoms with Gasteiger partial charge in [0.15, 0.2) is 11.5 Å². The van der Waals surface area contributed by atoms with Gasteiger partial charge in [-0.3, -0.25) is 9.59 Å². The van der Waals surface area contributed by atoms with Gasteiger partial charge in [-0.15, -0.1) is 0 Å². The van der Waals surface area contributed by atoms with Crippen LogP contribution >= 0.6 is 0 Å². The summed E-state index contributed by atoms with van der Waals surface area (Å²) in [7, 11) is 0. The third kappa shape index (κ3) is 4.07. The second-order valence-electron chi connectivity index (χ2n) is 7.44. The largest absolute Gasteiger partial charge is 0.454 e. The van der Waals surface area contributed by atoms with Crippen molar-refractivity contribution >= 4 is 11.8 Å². The maximum atomic E-state index is 12.6. The van der Waals surface area contributed by atoms with Crippen LogP contribution in [0.25, 0.3) is 0 Å². The van der Waals surface area contributed by atoms with Crippen molar-refractivity contribution in [3.63, 3.8) is 0 Å². The fourth-order valence-corrected chi connectivity index (χ4v) is 3.87. The average Bonchev–Trinajstić information content (AvgIpc) is 3.44. The highest BCUT2D eigenvalue weighted by Crippen LogP contribution is 2.32. The first-order valence-corrected chi connectivity index (χ1v) is 9.72. The number of likely N-dealkylation sites (tertiary alicyclic amines) is 1. The molecule has 7 nitrogen and oxygen atoms in total. The number of benzene rings is 1. The number of hydrogen-bond acceptors (Lipinski definition) is 5. The summed E-state index contributed by atoms with van der Waals surface area (Å²) in [5.74, 6) is 6.41. The molecule has 0 radical (unpaired) electrons. The summed E-state index contributed by atoms with van der Waals surface area (Å²) in [5, 5.41) is 2.77. The molecule has 0 bridgehead atoms. The van der Waals surface area contributed by atoms with Gasteiger partial charge in [-0.05, 0) is 44.4 Å². The third-order valence-electron chi connectivity index (χ3n) is 5.45. The van der Waals surface area contributed by atoms with Crippen LogP contribution in [0.1, 0.15) is 31.7 Å². The van der Waals surface area contributed by atoms with Crippen LogP contribution in [-0.4, -0.2) is 55.3 Å². The zero-order chi connectivity index (χ0) is 19.5. The summed E-state index contributed by atoms with van der Waals surface area (Å²) < 4.78 is 16.2. The number of amides is 2. The van der Waals surface area contributed by atoms with Crippen LogP contribution < -0.4 is 14.8 Å². The van der Waals surface area contributed by atoms with E-state index in [1.165, 1.54) is 0 Å². The summed E-state index contributed by atoms with van der Waals surface area (Å²) in [4.78, 5) is 26.6. The van der Waals surface area contributed by atoms with Crippen LogP contribution in [0.3, 0.4) is 0 Å². The van der Waals surface area contributed by atoms with Crippen molar-refractivity contribution in [2.45, 2.75) is 38.3 Å². The Labute approximate surface area is 164 Å². The molecule has 1 aromatic rings. The van der Waals surface area contributed by atoms with Crippen molar-refractivity contribution in [2.75, 3.05) is 26.5 Å². The Kier molecular flexibility index (Phi) is 5.40. The van der Waals surface area contributed by atoms with Crippen LogP contribution in [0, 0.1) is 17.8 Å². The molecule has 2 saturated heterocycles. The van der Waals surface area contributed by atoms with Crippen LogP contribution in [0.15, 0.2) is 18.2 Å². The van der Waals surface area contributed by atoms with Gasteiger partial charge in [0.05, 0.1) is 18.6 Å². The first-order valence-electron chi connectivity index (χ1n) is 9.72. The predicted octanol–water partition coefficient (Wildman–Crippen LogP) is 1.30. The fraction of sp³-hybridized carbons (Fsp3) is 0.524. The molecular formula is C21H24N2O5. The van der Waals surface area contributed by atoms with E-state index in [1.807, 2.05) is 4.90 Å². The molecule has 0 spiro atoms. The lowest BCUT2D eigenvalue weighted by Gasteiger charge is -2.24. The molecule has 148 valence electrons. The van der Waals surface area contributed by atoms with Gasteiger partial charge in [0.1, 0.15) is 0 Å². The molecular weight excluding hydrogens is 360 g/mol. The Hall–Kier alpha value is -2.72. The van der Waals surface area contributed by atoms with Gasteiger partial charge in [0.25, 0.3) is 5.91 Å². The summed E-state index contributed by atoms with van der Waals surface area (Å²) >= 11 is 0. The number of nitrogens with one attached hydrogen (secondary N) is 1. The Morgan fingerprint density at radius 3 is 2.96 bits per heavy atom. The topological polar surface area (TPSA) is 77.1 Å². The first kappa shape index (κ1) is 18.6. The molecule has 7 heteroatoms. The minimum absolute atomic E-state index is 0.109. The smallest absolute Gasteiger partial charge is 0.296 e.